The second kappa shape index (κ2) is 8.76. The Hall–Kier alpha value is -3.41. The third kappa shape index (κ3) is 4.85. The second-order valence-corrected chi connectivity index (χ2v) is 7.86. The number of fused-ring (bicyclic) bond motifs is 1. The summed E-state index contributed by atoms with van der Waals surface area (Å²) in [6, 6.07) is 19.4. The molecule has 4 rings (SSSR count). The van der Waals surface area contributed by atoms with Crippen molar-refractivity contribution in [2.75, 3.05) is 5.32 Å². The standard InChI is InChI=1S/C24H17Cl2N3O2/c1-14-5-7-16(8-6-14)23(30)27-18-4-2-3-15(11-18)12-20(26)22-28-21-10-9-17(25)13-19(21)24(31)29-22/h2-13H,1H3,(H,27,30)(H,28,29,31)/b20-12-. The molecule has 0 fully saturated rings. The Morgan fingerprint density at radius 3 is 2.61 bits per heavy atom. The number of benzene rings is 3. The minimum atomic E-state index is -0.326. The molecule has 7 heteroatoms. The SMILES string of the molecule is Cc1ccc(C(=O)Nc2cccc(/C=C(\Cl)c3nc4ccc(Cl)cc4c(=O)[nH]3)c2)cc1. The Balaban J connectivity index is 1.59. The monoisotopic (exact) mass is 449 g/mol. The molecule has 0 atom stereocenters. The number of H-pyrrole nitrogens is 1. The summed E-state index contributed by atoms with van der Waals surface area (Å²) < 4.78 is 0. The summed E-state index contributed by atoms with van der Waals surface area (Å²) in [6.07, 6.45) is 1.67. The molecule has 5 nitrogen and oxygen atoms in total. The highest BCUT2D eigenvalue weighted by Gasteiger charge is 2.09. The van der Waals surface area contributed by atoms with E-state index in [4.69, 9.17) is 23.2 Å². The van der Waals surface area contributed by atoms with Gasteiger partial charge in [-0.05, 0) is 61.0 Å². The van der Waals surface area contributed by atoms with E-state index < -0.39 is 0 Å². The minimum Gasteiger partial charge on any atom is -0.322 e. The lowest BCUT2D eigenvalue weighted by Gasteiger charge is -2.07. The molecule has 1 aromatic heterocycles. The van der Waals surface area contributed by atoms with E-state index in [0.717, 1.165) is 11.1 Å². The molecule has 0 saturated carbocycles. The molecular formula is C24H17Cl2N3O2. The van der Waals surface area contributed by atoms with Crippen molar-refractivity contribution >= 4 is 56.8 Å². The predicted octanol–water partition coefficient (Wildman–Crippen LogP) is 5.87. The number of amides is 1. The number of nitrogens with one attached hydrogen (secondary N) is 2. The van der Waals surface area contributed by atoms with Crippen molar-refractivity contribution in [2.45, 2.75) is 6.92 Å². The van der Waals surface area contributed by atoms with Crippen LogP contribution in [0.1, 0.15) is 27.3 Å². The molecule has 3 aromatic carbocycles. The number of aryl methyl sites for hydroxylation is 1. The van der Waals surface area contributed by atoms with E-state index in [1.807, 2.05) is 25.1 Å². The summed E-state index contributed by atoms with van der Waals surface area (Å²) in [5.41, 5.74) is 3.19. The van der Waals surface area contributed by atoms with E-state index in [0.29, 0.717) is 27.2 Å². The van der Waals surface area contributed by atoms with Crippen LogP contribution in [-0.4, -0.2) is 15.9 Å². The van der Waals surface area contributed by atoms with Crippen molar-refractivity contribution < 1.29 is 4.79 Å². The van der Waals surface area contributed by atoms with E-state index >= 15 is 0 Å². The zero-order valence-electron chi connectivity index (χ0n) is 16.4. The van der Waals surface area contributed by atoms with Crippen molar-refractivity contribution in [3.05, 3.63) is 105 Å². The summed E-state index contributed by atoms with van der Waals surface area (Å²) >= 11 is 12.4. The van der Waals surface area contributed by atoms with Gasteiger partial charge >= 0.3 is 0 Å². The molecule has 1 amide bonds. The van der Waals surface area contributed by atoms with Crippen molar-refractivity contribution in [2.24, 2.45) is 0 Å². The fraction of sp³-hybridized carbons (Fsp3) is 0.0417. The molecule has 0 bridgehead atoms. The normalized spacial score (nSPS) is 11.5. The van der Waals surface area contributed by atoms with E-state index in [9.17, 15) is 9.59 Å². The quantitative estimate of drug-likeness (QED) is 0.408. The maximum Gasteiger partial charge on any atom is 0.259 e. The van der Waals surface area contributed by atoms with Crippen LogP contribution in [0, 0.1) is 6.92 Å². The van der Waals surface area contributed by atoms with Crippen LogP contribution in [0.25, 0.3) is 22.0 Å². The number of hydrogen-bond acceptors (Lipinski definition) is 3. The van der Waals surface area contributed by atoms with Gasteiger partial charge in [0.1, 0.15) is 0 Å². The molecule has 1 heterocycles. The summed E-state index contributed by atoms with van der Waals surface area (Å²) in [7, 11) is 0. The highest BCUT2D eigenvalue weighted by Crippen LogP contribution is 2.23. The van der Waals surface area contributed by atoms with Gasteiger partial charge in [0.05, 0.1) is 15.9 Å². The van der Waals surface area contributed by atoms with Crippen LogP contribution >= 0.6 is 23.2 Å². The van der Waals surface area contributed by atoms with Gasteiger partial charge in [-0.25, -0.2) is 4.98 Å². The van der Waals surface area contributed by atoms with Crippen LogP contribution in [0.4, 0.5) is 5.69 Å². The fourth-order valence-electron chi connectivity index (χ4n) is 3.05. The lowest BCUT2D eigenvalue weighted by atomic mass is 10.1. The highest BCUT2D eigenvalue weighted by atomic mass is 35.5. The van der Waals surface area contributed by atoms with Gasteiger partial charge in [-0.1, -0.05) is 53.0 Å². The topological polar surface area (TPSA) is 74.8 Å². The first-order valence-electron chi connectivity index (χ1n) is 9.44. The lowest BCUT2D eigenvalue weighted by molar-refractivity contribution is 0.102. The van der Waals surface area contributed by atoms with Crippen LogP contribution < -0.4 is 10.9 Å². The van der Waals surface area contributed by atoms with Gasteiger partial charge in [0.25, 0.3) is 11.5 Å². The molecule has 0 unspecified atom stereocenters. The predicted molar refractivity (Wildman–Crippen MR) is 127 cm³/mol. The zero-order valence-corrected chi connectivity index (χ0v) is 18.0. The summed E-state index contributed by atoms with van der Waals surface area (Å²) in [6.45, 7) is 1.97. The van der Waals surface area contributed by atoms with Crippen molar-refractivity contribution in [1.29, 1.82) is 0 Å². The van der Waals surface area contributed by atoms with E-state index in [1.165, 1.54) is 0 Å². The number of carbonyl (C=O) groups is 1. The Morgan fingerprint density at radius 1 is 1.06 bits per heavy atom. The molecule has 0 saturated heterocycles. The molecule has 154 valence electrons. The Labute approximate surface area is 188 Å². The van der Waals surface area contributed by atoms with Gasteiger partial charge in [-0.3, -0.25) is 9.59 Å². The van der Waals surface area contributed by atoms with Crippen molar-refractivity contribution in [3.63, 3.8) is 0 Å². The van der Waals surface area contributed by atoms with Crippen LogP contribution in [0.5, 0.6) is 0 Å². The number of aromatic nitrogens is 2. The van der Waals surface area contributed by atoms with E-state index in [2.05, 4.69) is 15.3 Å². The number of nitrogens with zero attached hydrogens (tertiary/aromatic N) is 1. The van der Waals surface area contributed by atoms with Crippen molar-refractivity contribution in [3.8, 4) is 0 Å². The van der Waals surface area contributed by atoms with Gasteiger partial charge in [0.2, 0.25) is 0 Å². The lowest BCUT2D eigenvalue weighted by Crippen LogP contribution is -2.11. The Kier molecular flexibility index (Phi) is 5.89. The Bertz CT molecular complexity index is 1380. The first-order valence-corrected chi connectivity index (χ1v) is 10.2. The van der Waals surface area contributed by atoms with Crippen molar-refractivity contribution in [1.82, 2.24) is 9.97 Å². The van der Waals surface area contributed by atoms with Crippen LogP contribution in [-0.2, 0) is 0 Å². The number of rotatable bonds is 4. The van der Waals surface area contributed by atoms with Crippen LogP contribution in [0.3, 0.4) is 0 Å². The molecule has 0 aliphatic rings. The number of aromatic amines is 1. The van der Waals surface area contributed by atoms with E-state index in [1.54, 1.807) is 54.6 Å². The smallest absolute Gasteiger partial charge is 0.259 e. The number of halogens is 2. The molecule has 0 radical (unpaired) electrons. The molecule has 4 aromatic rings. The molecule has 0 spiro atoms. The molecule has 31 heavy (non-hydrogen) atoms. The zero-order chi connectivity index (χ0) is 22.0. The van der Waals surface area contributed by atoms with E-state index in [-0.39, 0.29) is 22.3 Å². The molecular weight excluding hydrogens is 433 g/mol. The summed E-state index contributed by atoms with van der Waals surface area (Å²) in [4.78, 5) is 31.9. The summed E-state index contributed by atoms with van der Waals surface area (Å²) in [5.74, 6) is 0.0435. The van der Waals surface area contributed by atoms with Gasteiger partial charge in [-0.15, -0.1) is 0 Å². The first kappa shape index (κ1) is 20.8. The number of carbonyl (C=O) groups excluding carboxylic acids is 1. The summed E-state index contributed by atoms with van der Waals surface area (Å²) in [5, 5.41) is 3.98. The average Bonchev–Trinajstić information content (AvgIpc) is 2.74. The molecule has 0 aliphatic heterocycles. The fourth-order valence-corrected chi connectivity index (χ4v) is 3.44. The third-order valence-corrected chi connectivity index (χ3v) is 5.17. The molecule has 0 aliphatic carbocycles. The van der Waals surface area contributed by atoms with Gasteiger partial charge in [0, 0.05) is 16.3 Å². The number of hydrogen-bond donors (Lipinski definition) is 2. The van der Waals surface area contributed by atoms with Gasteiger partial charge in [-0.2, -0.15) is 0 Å². The average molecular weight is 450 g/mol. The minimum absolute atomic E-state index is 0.202. The second-order valence-electron chi connectivity index (χ2n) is 7.01. The maximum atomic E-state index is 12.5. The first-order chi connectivity index (χ1) is 14.9. The van der Waals surface area contributed by atoms with Crippen LogP contribution in [0.2, 0.25) is 5.02 Å². The van der Waals surface area contributed by atoms with Gasteiger partial charge < -0.3 is 10.3 Å². The van der Waals surface area contributed by atoms with Crippen LogP contribution in [0.15, 0.2) is 71.5 Å². The Morgan fingerprint density at radius 2 is 1.84 bits per heavy atom. The highest BCUT2D eigenvalue weighted by molar-refractivity contribution is 6.50. The maximum absolute atomic E-state index is 12.5. The largest absolute Gasteiger partial charge is 0.322 e. The van der Waals surface area contributed by atoms with Gasteiger partial charge in [0.15, 0.2) is 5.82 Å². The number of anilines is 1. The third-order valence-electron chi connectivity index (χ3n) is 4.65. The molecule has 2 N–H and O–H groups in total.